The summed E-state index contributed by atoms with van der Waals surface area (Å²) in [4.78, 5) is 28.3. The lowest BCUT2D eigenvalue weighted by atomic mass is 10.3. The molecule has 0 unspecified atom stereocenters. The Labute approximate surface area is 151 Å². The van der Waals surface area contributed by atoms with Gasteiger partial charge in [0.1, 0.15) is 18.0 Å². The molecule has 2 aromatic heterocycles. The molecular formula is C20H20N2O4. The molecule has 0 spiro atoms. The third kappa shape index (κ3) is 4.69. The minimum absolute atomic E-state index is 0.0159. The number of pyridine rings is 1. The smallest absolute Gasteiger partial charge is 0.306 e. The minimum atomic E-state index is -0.340. The van der Waals surface area contributed by atoms with Gasteiger partial charge >= 0.3 is 5.97 Å². The van der Waals surface area contributed by atoms with Gasteiger partial charge in [0, 0.05) is 18.7 Å². The van der Waals surface area contributed by atoms with Crippen LogP contribution in [-0.4, -0.2) is 22.0 Å². The summed E-state index contributed by atoms with van der Waals surface area (Å²) in [6, 6.07) is 14.5. The topological polar surface area (TPSA) is 69.9 Å². The first kappa shape index (κ1) is 17.7. The number of carbonyl (C=O) groups excluding carboxylic acids is 1. The molecule has 26 heavy (non-hydrogen) atoms. The first-order chi connectivity index (χ1) is 12.6. The van der Waals surface area contributed by atoms with E-state index in [0.717, 1.165) is 11.3 Å². The average molecular weight is 352 g/mol. The molecule has 0 saturated carbocycles. The maximum Gasteiger partial charge on any atom is 0.306 e. The van der Waals surface area contributed by atoms with E-state index in [1.807, 2.05) is 43.3 Å². The summed E-state index contributed by atoms with van der Waals surface area (Å²) in [5.74, 6) is 0.435. The molecule has 6 nitrogen and oxygen atoms in total. The van der Waals surface area contributed by atoms with Crippen molar-refractivity contribution in [3.63, 3.8) is 0 Å². The van der Waals surface area contributed by atoms with Crippen LogP contribution in [0.1, 0.15) is 24.1 Å². The van der Waals surface area contributed by atoms with Crippen LogP contribution in [0.3, 0.4) is 0 Å². The molecule has 6 heteroatoms. The van der Waals surface area contributed by atoms with Gasteiger partial charge < -0.3 is 9.47 Å². The summed E-state index contributed by atoms with van der Waals surface area (Å²) in [5.41, 5.74) is 1.75. The third-order valence-corrected chi connectivity index (χ3v) is 3.78. The number of hydrogen-bond donors (Lipinski definition) is 0. The van der Waals surface area contributed by atoms with Crippen molar-refractivity contribution in [1.29, 1.82) is 0 Å². The Kier molecular flexibility index (Phi) is 5.63. The van der Waals surface area contributed by atoms with Gasteiger partial charge in [-0.3, -0.25) is 14.0 Å². The van der Waals surface area contributed by atoms with Crippen LogP contribution < -0.4 is 10.3 Å². The summed E-state index contributed by atoms with van der Waals surface area (Å²) in [7, 11) is 0. The van der Waals surface area contributed by atoms with Crippen molar-refractivity contribution < 1.29 is 14.3 Å². The Balaban J connectivity index is 1.47. The van der Waals surface area contributed by atoms with Crippen molar-refractivity contribution in [3.05, 3.63) is 76.3 Å². The highest BCUT2D eigenvalue weighted by atomic mass is 16.5. The lowest BCUT2D eigenvalue weighted by Gasteiger charge is -2.07. The number of fused-ring (bicyclic) bond motifs is 1. The van der Waals surface area contributed by atoms with Gasteiger partial charge in [0.05, 0.1) is 12.3 Å². The molecule has 0 amide bonds. The third-order valence-electron chi connectivity index (χ3n) is 3.78. The van der Waals surface area contributed by atoms with Gasteiger partial charge in [-0.25, -0.2) is 4.98 Å². The number of esters is 1. The zero-order chi connectivity index (χ0) is 18.4. The fraction of sp³-hybridized carbons (Fsp3) is 0.250. The van der Waals surface area contributed by atoms with Crippen molar-refractivity contribution in [3.8, 4) is 5.75 Å². The van der Waals surface area contributed by atoms with Crippen molar-refractivity contribution >= 4 is 11.6 Å². The molecule has 0 N–H and O–H groups in total. The molecule has 3 aromatic rings. The summed E-state index contributed by atoms with van der Waals surface area (Å²) in [5, 5.41) is 0. The number of carbonyl (C=O) groups is 1. The fourth-order valence-electron chi connectivity index (χ4n) is 2.48. The zero-order valence-electron chi connectivity index (χ0n) is 14.6. The number of hydrogen-bond acceptors (Lipinski definition) is 5. The molecule has 0 saturated heterocycles. The van der Waals surface area contributed by atoms with E-state index in [1.165, 1.54) is 10.5 Å². The Hall–Kier alpha value is -3.15. The number of ether oxygens (including phenoxy) is 2. The van der Waals surface area contributed by atoms with E-state index in [-0.39, 0.29) is 24.6 Å². The highest BCUT2D eigenvalue weighted by molar-refractivity contribution is 5.69. The van der Waals surface area contributed by atoms with E-state index in [9.17, 15) is 9.59 Å². The largest absolute Gasteiger partial charge is 0.494 e. The summed E-state index contributed by atoms with van der Waals surface area (Å²) in [6.45, 7) is 2.33. The second-order valence-electron chi connectivity index (χ2n) is 5.95. The first-order valence-electron chi connectivity index (χ1n) is 8.44. The van der Waals surface area contributed by atoms with Gasteiger partial charge in [-0.1, -0.05) is 24.3 Å². The van der Waals surface area contributed by atoms with E-state index in [0.29, 0.717) is 24.4 Å². The van der Waals surface area contributed by atoms with E-state index in [2.05, 4.69) is 4.98 Å². The number of benzene rings is 1. The molecule has 134 valence electrons. The van der Waals surface area contributed by atoms with E-state index in [4.69, 9.17) is 9.47 Å². The first-order valence-corrected chi connectivity index (χ1v) is 8.44. The van der Waals surface area contributed by atoms with Crippen molar-refractivity contribution in [2.24, 2.45) is 0 Å². The van der Waals surface area contributed by atoms with Crippen LogP contribution in [-0.2, 0) is 16.1 Å². The van der Waals surface area contributed by atoms with Crippen LogP contribution in [0.15, 0.2) is 59.5 Å². The zero-order valence-corrected chi connectivity index (χ0v) is 14.6. The number of nitrogens with zero attached hydrogens (tertiary/aromatic N) is 2. The van der Waals surface area contributed by atoms with Crippen LogP contribution in [0.2, 0.25) is 0 Å². The molecule has 0 aliphatic heterocycles. The van der Waals surface area contributed by atoms with Crippen molar-refractivity contribution in [2.45, 2.75) is 26.4 Å². The molecular weight excluding hydrogens is 332 g/mol. The lowest BCUT2D eigenvalue weighted by Crippen LogP contribution is -2.17. The number of para-hydroxylation sites is 1. The molecule has 1 aromatic carbocycles. The van der Waals surface area contributed by atoms with Crippen LogP contribution in [0, 0.1) is 6.92 Å². The Bertz CT molecular complexity index is 951. The van der Waals surface area contributed by atoms with Crippen molar-refractivity contribution in [2.75, 3.05) is 6.61 Å². The normalized spacial score (nSPS) is 10.7. The predicted octanol–water partition coefficient (Wildman–Crippen LogP) is 2.91. The summed E-state index contributed by atoms with van der Waals surface area (Å²) < 4.78 is 12.2. The van der Waals surface area contributed by atoms with Crippen molar-refractivity contribution in [1.82, 2.24) is 9.38 Å². The molecule has 0 atom stereocenters. The molecule has 0 aliphatic rings. The van der Waals surface area contributed by atoms with E-state index in [1.54, 1.807) is 12.3 Å². The minimum Gasteiger partial charge on any atom is -0.494 e. The Morgan fingerprint density at radius 1 is 1.15 bits per heavy atom. The van der Waals surface area contributed by atoms with Crippen LogP contribution in [0.25, 0.3) is 5.65 Å². The number of aromatic nitrogens is 2. The second kappa shape index (κ2) is 8.29. The summed E-state index contributed by atoms with van der Waals surface area (Å²) >= 11 is 0. The van der Waals surface area contributed by atoms with Crippen LogP contribution in [0.5, 0.6) is 5.75 Å². The lowest BCUT2D eigenvalue weighted by molar-refractivity contribution is -0.145. The Morgan fingerprint density at radius 2 is 1.96 bits per heavy atom. The predicted molar refractivity (Wildman–Crippen MR) is 97.2 cm³/mol. The average Bonchev–Trinajstić information content (AvgIpc) is 2.65. The maximum atomic E-state index is 12.1. The molecule has 0 fully saturated rings. The fourth-order valence-corrected chi connectivity index (χ4v) is 2.48. The van der Waals surface area contributed by atoms with Gasteiger partial charge in [0.2, 0.25) is 0 Å². The maximum absolute atomic E-state index is 12.1. The van der Waals surface area contributed by atoms with E-state index < -0.39 is 0 Å². The van der Waals surface area contributed by atoms with Crippen LogP contribution >= 0.6 is 0 Å². The highest BCUT2D eigenvalue weighted by Gasteiger charge is 2.07. The highest BCUT2D eigenvalue weighted by Crippen LogP contribution is 2.09. The van der Waals surface area contributed by atoms with Gasteiger partial charge in [0.15, 0.2) is 0 Å². The van der Waals surface area contributed by atoms with Gasteiger partial charge in [-0.2, -0.15) is 0 Å². The van der Waals surface area contributed by atoms with Crippen LogP contribution in [0.4, 0.5) is 0 Å². The SMILES string of the molecule is Cc1ccc2nc(COC(=O)CCCOc3ccccc3)cc(=O)n2c1. The number of aryl methyl sites for hydroxylation is 1. The monoisotopic (exact) mass is 352 g/mol. The molecule has 0 radical (unpaired) electrons. The standard InChI is InChI=1S/C20H20N2O4/c1-15-9-10-18-21-16(12-19(23)22(18)13-15)14-26-20(24)8-5-11-25-17-6-3-2-4-7-17/h2-4,6-7,9-10,12-13H,5,8,11,14H2,1H3. The summed E-state index contributed by atoms with van der Waals surface area (Å²) in [6.07, 6.45) is 2.53. The number of rotatable bonds is 7. The second-order valence-corrected chi connectivity index (χ2v) is 5.95. The van der Waals surface area contributed by atoms with Gasteiger partial charge in [-0.15, -0.1) is 0 Å². The van der Waals surface area contributed by atoms with Gasteiger partial charge in [-0.05, 0) is 37.1 Å². The van der Waals surface area contributed by atoms with Gasteiger partial charge in [0.25, 0.3) is 5.56 Å². The Morgan fingerprint density at radius 3 is 2.77 bits per heavy atom. The molecule has 0 aliphatic carbocycles. The van der Waals surface area contributed by atoms with E-state index >= 15 is 0 Å². The quantitative estimate of drug-likeness (QED) is 0.483. The molecule has 0 bridgehead atoms. The molecule has 2 heterocycles. The molecule has 3 rings (SSSR count).